The summed E-state index contributed by atoms with van der Waals surface area (Å²) in [4.78, 5) is 3.67. The highest BCUT2D eigenvalue weighted by Crippen LogP contribution is 2.31. The monoisotopic (exact) mass is 291 g/mol. The van der Waals surface area contributed by atoms with Crippen LogP contribution in [0.15, 0.2) is 24.3 Å². The van der Waals surface area contributed by atoms with Crippen LogP contribution in [0.1, 0.15) is 0 Å². The first-order valence-corrected chi connectivity index (χ1v) is 4.47. The molecule has 0 aliphatic heterocycles. The first kappa shape index (κ1) is 15.3. The van der Waals surface area contributed by atoms with Gasteiger partial charge in [0.1, 0.15) is 0 Å². The van der Waals surface area contributed by atoms with Crippen molar-refractivity contribution in [3.05, 3.63) is 24.3 Å². The number of fused-ring (bicyclic) bond motifs is 1. The maximum absolute atomic E-state index is 11.8. The van der Waals surface area contributed by atoms with E-state index in [4.69, 9.17) is 0 Å². The fourth-order valence-corrected chi connectivity index (χ4v) is 1.83. The topological polar surface area (TPSA) is 22.1 Å². The fraction of sp³-hybridized carbons (Fsp3) is 0.125. The first-order chi connectivity index (χ1) is 6.54. The maximum atomic E-state index is 11.8. The summed E-state index contributed by atoms with van der Waals surface area (Å²) in [6.07, 6.45) is -4.67. The molecule has 1 heterocycles. The van der Waals surface area contributed by atoms with Crippen molar-refractivity contribution >= 4 is 46.4 Å². The highest BCUT2D eigenvalue weighted by atomic mass is 35.5. The van der Waals surface area contributed by atoms with Crippen LogP contribution in [0.4, 0.5) is 13.2 Å². The molecule has 90 valence electrons. The summed E-state index contributed by atoms with van der Waals surface area (Å²) in [7, 11) is 0. The highest BCUT2D eigenvalue weighted by molar-refractivity contribution is 7.20. The predicted octanol–water partition coefficient (Wildman–Crippen LogP) is 4.04. The van der Waals surface area contributed by atoms with Gasteiger partial charge in [0.2, 0.25) is 0 Å². The Morgan fingerprint density at radius 1 is 1.12 bits per heavy atom. The second kappa shape index (κ2) is 5.56. The lowest BCUT2D eigenvalue weighted by molar-refractivity contribution is -0.274. The van der Waals surface area contributed by atoms with E-state index >= 15 is 0 Å². The normalized spacial score (nSPS) is 10.4. The molecule has 0 saturated heterocycles. The van der Waals surface area contributed by atoms with E-state index in [2.05, 4.69) is 9.72 Å². The summed E-state index contributed by atoms with van der Waals surface area (Å²) in [5.41, 5.74) is 0.511. The van der Waals surface area contributed by atoms with Crippen molar-refractivity contribution in [2.24, 2.45) is 0 Å². The Hall–Kier alpha value is -0.720. The number of hydrogen-bond donors (Lipinski definition) is 0. The van der Waals surface area contributed by atoms with Crippen molar-refractivity contribution in [1.82, 2.24) is 4.98 Å². The van der Waals surface area contributed by atoms with Crippen molar-refractivity contribution in [2.75, 3.05) is 0 Å². The van der Waals surface area contributed by atoms with Gasteiger partial charge in [-0.3, -0.25) is 0 Å². The summed E-state index contributed by atoms with van der Waals surface area (Å²) >= 11 is 0.871. The smallest absolute Gasteiger partial charge is 0.378 e. The van der Waals surface area contributed by atoms with Gasteiger partial charge in [-0.2, -0.15) is 0 Å². The van der Waals surface area contributed by atoms with Crippen LogP contribution in [-0.2, 0) is 0 Å². The maximum Gasteiger partial charge on any atom is 0.574 e. The highest BCUT2D eigenvalue weighted by Gasteiger charge is 2.32. The molecule has 0 atom stereocenters. The third kappa shape index (κ3) is 3.70. The van der Waals surface area contributed by atoms with E-state index in [-0.39, 0.29) is 30.0 Å². The largest absolute Gasteiger partial charge is 0.574 e. The molecule has 2 nitrogen and oxygen atoms in total. The van der Waals surface area contributed by atoms with E-state index in [1.54, 1.807) is 24.3 Å². The zero-order valence-electron chi connectivity index (χ0n) is 7.52. The van der Waals surface area contributed by atoms with Gasteiger partial charge in [0, 0.05) is 0 Å². The number of benzene rings is 1. The molecule has 2 aromatic rings. The minimum Gasteiger partial charge on any atom is -0.378 e. The molecule has 8 heteroatoms. The molecule has 16 heavy (non-hydrogen) atoms. The van der Waals surface area contributed by atoms with Gasteiger partial charge >= 0.3 is 6.36 Å². The Bertz CT molecular complexity index is 427. The third-order valence-electron chi connectivity index (χ3n) is 1.48. The molecule has 2 rings (SSSR count). The van der Waals surface area contributed by atoms with Gasteiger partial charge in [0.05, 0.1) is 10.2 Å². The van der Waals surface area contributed by atoms with Crippen molar-refractivity contribution < 1.29 is 17.9 Å². The van der Waals surface area contributed by atoms with Crippen molar-refractivity contribution in [1.29, 1.82) is 0 Å². The van der Waals surface area contributed by atoms with Crippen LogP contribution in [0, 0.1) is 0 Å². The average molecular weight is 292 g/mol. The number of hydrogen-bond acceptors (Lipinski definition) is 3. The van der Waals surface area contributed by atoms with Crippen LogP contribution in [-0.4, -0.2) is 11.3 Å². The van der Waals surface area contributed by atoms with Crippen LogP contribution in [0.3, 0.4) is 0 Å². The molecule has 0 amide bonds. The quantitative estimate of drug-likeness (QED) is 0.791. The number of nitrogens with zero attached hydrogens (tertiary/aromatic N) is 1. The van der Waals surface area contributed by atoms with Crippen LogP contribution in [0.2, 0.25) is 0 Å². The summed E-state index contributed by atoms with van der Waals surface area (Å²) in [6, 6.07) is 6.77. The van der Waals surface area contributed by atoms with E-state index in [1.807, 2.05) is 0 Å². The Morgan fingerprint density at radius 2 is 1.75 bits per heavy atom. The van der Waals surface area contributed by atoms with Crippen molar-refractivity contribution in [2.45, 2.75) is 6.36 Å². The molecule has 1 aromatic carbocycles. The molecule has 1 aromatic heterocycles. The second-order valence-electron chi connectivity index (χ2n) is 2.50. The Balaban J connectivity index is 0.00000112. The summed E-state index contributed by atoms with van der Waals surface area (Å²) in [5.74, 6) is 0. The molecule has 0 saturated carbocycles. The Morgan fingerprint density at radius 3 is 2.31 bits per heavy atom. The average Bonchev–Trinajstić information content (AvgIpc) is 2.42. The Kier molecular flexibility index (Phi) is 5.31. The lowest BCUT2D eigenvalue weighted by Crippen LogP contribution is -2.16. The number of rotatable bonds is 1. The van der Waals surface area contributed by atoms with Crippen LogP contribution in [0.25, 0.3) is 10.2 Å². The van der Waals surface area contributed by atoms with Crippen LogP contribution in [0.5, 0.6) is 5.19 Å². The van der Waals surface area contributed by atoms with Gasteiger partial charge in [-0.1, -0.05) is 23.5 Å². The number of para-hydroxylation sites is 1. The van der Waals surface area contributed by atoms with E-state index in [9.17, 15) is 13.2 Å². The molecule has 0 spiro atoms. The van der Waals surface area contributed by atoms with Crippen molar-refractivity contribution in [3.8, 4) is 5.19 Å². The standard InChI is InChI=1S/C8H4F3NOS.2ClH/c9-8(10,11)13-7-12-5-3-1-2-4-6(5)14-7;;/h1-4H;2*1H. The molecular weight excluding hydrogens is 286 g/mol. The zero-order valence-corrected chi connectivity index (χ0v) is 9.97. The lowest BCUT2D eigenvalue weighted by atomic mass is 10.3. The SMILES string of the molecule is Cl.Cl.FC(F)(F)Oc1nc2ccccc2s1. The molecule has 0 radical (unpaired) electrons. The summed E-state index contributed by atoms with van der Waals surface area (Å²) < 4.78 is 39.8. The van der Waals surface area contributed by atoms with Crippen LogP contribution >= 0.6 is 36.2 Å². The first-order valence-electron chi connectivity index (χ1n) is 3.66. The van der Waals surface area contributed by atoms with E-state index < -0.39 is 6.36 Å². The molecule has 0 fully saturated rings. The van der Waals surface area contributed by atoms with Crippen molar-refractivity contribution in [3.63, 3.8) is 0 Å². The van der Waals surface area contributed by atoms with Gasteiger partial charge in [0.15, 0.2) is 0 Å². The fourth-order valence-electron chi connectivity index (χ4n) is 0.994. The van der Waals surface area contributed by atoms with Gasteiger partial charge < -0.3 is 4.74 Å². The molecule has 0 bridgehead atoms. The summed E-state index contributed by atoms with van der Waals surface area (Å²) in [5, 5.41) is -0.376. The van der Waals surface area contributed by atoms with Gasteiger partial charge in [-0.05, 0) is 12.1 Å². The lowest BCUT2D eigenvalue weighted by Gasteiger charge is -2.03. The second-order valence-corrected chi connectivity index (χ2v) is 3.49. The van der Waals surface area contributed by atoms with E-state index in [1.165, 1.54) is 0 Å². The molecule has 0 aliphatic rings. The number of aromatic nitrogens is 1. The molecule has 0 N–H and O–H groups in total. The number of thiazole rings is 1. The third-order valence-corrected chi connectivity index (χ3v) is 2.39. The number of ether oxygens (including phenoxy) is 1. The number of halogens is 5. The van der Waals surface area contributed by atoms with Crippen LogP contribution < -0.4 is 4.74 Å². The van der Waals surface area contributed by atoms with E-state index in [0.717, 1.165) is 11.3 Å². The van der Waals surface area contributed by atoms with E-state index in [0.29, 0.717) is 10.2 Å². The number of alkyl halides is 3. The predicted molar refractivity (Wildman–Crippen MR) is 60.8 cm³/mol. The van der Waals surface area contributed by atoms with Gasteiger partial charge in [0.25, 0.3) is 5.19 Å². The molecule has 0 aliphatic carbocycles. The summed E-state index contributed by atoms with van der Waals surface area (Å²) in [6.45, 7) is 0. The molecular formula is C8H6Cl2F3NOS. The van der Waals surface area contributed by atoms with Gasteiger partial charge in [-0.15, -0.1) is 38.0 Å². The minimum atomic E-state index is -4.67. The zero-order chi connectivity index (χ0) is 10.2. The molecule has 0 unspecified atom stereocenters. The Labute approximate surface area is 105 Å². The van der Waals surface area contributed by atoms with Gasteiger partial charge in [-0.25, -0.2) is 4.98 Å². The minimum absolute atomic E-state index is 0.